The first kappa shape index (κ1) is 52.7. The molecule has 2 aromatic heterocycles. The first-order valence-electron chi connectivity index (χ1n) is 28.2. The van der Waals surface area contributed by atoms with Crippen LogP contribution in [0.1, 0.15) is 61.2 Å². The summed E-state index contributed by atoms with van der Waals surface area (Å²) < 4.78 is 48.0. The van der Waals surface area contributed by atoms with E-state index < -0.39 is 11.7 Å². The van der Waals surface area contributed by atoms with Crippen molar-refractivity contribution in [1.82, 2.24) is 9.13 Å². The highest BCUT2D eigenvalue weighted by atomic mass is 19.4. The van der Waals surface area contributed by atoms with Crippen LogP contribution < -0.4 is 0 Å². The number of benzene rings is 11. The Morgan fingerprint density at radius 2 is 0.687 bits per heavy atom. The van der Waals surface area contributed by atoms with Crippen molar-refractivity contribution in [3.63, 3.8) is 0 Å². The van der Waals surface area contributed by atoms with Crippen molar-refractivity contribution in [2.24, 2.45) is 0 Å². The molecule has 13 rings (SSSR count). The Morgan fingerprint density at radius 3 is 1.05 bits per heavy atom. The Morgan fingerprint density at radius 1 is 0.313 bits per heavy atom. The second kappa shape index (κ2) is 20.1. The van der Waals surface area contributed by atoms with Crippen LogP contribution in [0.25, 0.3) is 122 Å². The number of halogens is 3. The van der Waals surface area contributed by atoms with Crippen LogP contribution in [0.4, 0.5) is 13.2 Å². The standard InChI is InChI=1S/C77H60F3N3/c1-44-24-45(2)29-58(28-44)54-11-20-72-68(38-54)69-39-55(59-30-46(3)25-47(4)31-59)12-21-73(69)82(72)63-16-18-65(64-17-15-62(36-52(64)9)77(78,79)80)66(42-63)67-37-53(43-81)10-19-74(67)83-75-22-13-56(60-32-48(5)26-49(6)33-60)40-70(75)71-41-57(14-23-76(71)83)61-34-50(7)27-51(8)35-61/h10-42H,1-9H3. The maximum Gasteiger partial charge on any atom is 0.416 e. The number of nitriles is 1. The van der Waals surface area contributed by atoms with Gasteiger partial charge in [0.2, 0.25) is 0 Å². The Kier molecular flexibility index (Phi) is 12.7. The fraction of sp³-hybridized carbons (Fsp3) is 0.130. The lowest BCUT2D eigenvalue weighted by Crippen LogP contribution is -2.05. The normalized spacial score (nSPS) is 11.8. The summed E-state index contributed by atoms with van der Waals surface area (Å²) in [4.78, 5) is 0. The van der Waals surface area contributed by atoms with Gasteiger partial charge in [0.15, 0.2) is 0 Å². The van der Waals surface area contributed by atoms with Gasteiger partial charge in [0.25, 0.3) is 0 Å². The first-order valence-corrected chi connectivity index (χ1v) is 28.2. The van der Waals surface area contributed by atoms with Crippen molar-refractivity contribution in [2.75, 3.05) is 0 Å². The zero-order chi connectivity index (χ0) is 57.7. The summed E-state index contributed by atoms with van der Waals surface area (Å²) in [6, 6.07) is 72.1. The predicted molar refractivity (Wildman–Crippen MR) is 340 cm³/mol. The lowest BCUT2D eigenvalue weighted by atomic mass is 9.89. The molecule has 404 valence electrons. The molecule has 0 N–H and O–H groups in total. The SMILES string of the molecule is Cc1cc(C)cc(-c2ccc3c(c2)c2cc(-c4cc(C)cc(C)c4)ccc2n3-c2ccc(-c3ccc(C(F)(F)F)cc3C)c(-c3cc(C#N)ccc3-n3c4ccc(-c5cc(C)cc(C)c5)cc4c4cc(-c5cc(C)cc(C)c5)ccc43)c2)c1. The molecule has 2 heterocycles. The second-order valence-electron chi connectivity index (χ2n) is 23.2. The van der Waals surface area contributed by atoms with E-state index >= 15 is 0 Å². The topological polar surface area (TPSA) is 33.6 Å². The summed E-state index contributed by atoms with van der Waals surface area (Å²) in [5, 5.41) is 15.1. The van der Waals surface area contributed by atoms with Crippen molar-refractivity contribution in [2.45, 2.75) is 68.5 Å². The van der Waals surface area contributed by atoms with E-state index in [2.05, 4.69) is 228 Å². The molecule has 83 heavy (non-hydrogen) atoms. The van der Waals surface area contributed by atoms with Gasteiger partial charge < -0.3 is 9.13 Å². The average Bonchev–Trinajstić information content (AvgIpc) is 3.18. The van der Waals surface area contributed by atoms with Gasteiger partial charge in [0, 0.05) is 32.8 Å². The van der Waals surface area contributed by atoms with E-state index in [4.69, 9.17) is 0 Å². The molecule has 6 heteroatoms. The highest BCUT2D eigenvalue weighted by Crippen LogP contribution is 2.46. The third kappa shape index (κ3) is 9.56. The van der Waals surface area contributed by atoms with Gasteiger partial charge in [-0.1, -0.05) is 154 Å². The van der Waals surface area contributed by atoms with Gasteiger partial charge in [-0.15, -0.1) is 0 Å². The van der Waals surface area contributed by atoms with E-state index in [0.29, 0.717) is 16.7 Å². The predicted octanol–water partition coefficient (Wildman–Crippen LogP) is 21.5. The summed E-state index contributed by atoms with van der Waals surface area (Å²) in [6.45, 7) is 18.8. The van der Waals surface area contributed by atoms with Crippen LogP contribution >= 0.6 is 0 Å². The molecule has 0 aliphatic rings. The molecule has 11 aromatic carbocycles. The Labute approximate surface area is 482 Å². The van der Waals surface area contributed by atoms with Gasteiger partial charge in [-0.05, 0) is 220 Å². The molecule has 0 radical (unpaired) electrons. The molecule has 0 saturated heterocycles. The maximum atomic E-state index is 14.5. The molecular weight excluding hydrogens is 1020 g/mol. The smallest absolute Gasteiger partial charge is 0.309 e. The van der Waals surface area contributed by atoms with Crippen LogP contribution in [0.5, 0.6) is 0 Å². The lowest BCUT2D eigenvalue weighted by molar-refractivity contribution is -0.137. The fourth-order valence-corrected chi connectivity index (χ4v) is 13.2. The summed E-state index contributed by atoms with van der Waals surface area (Å²) in [5.41, 5.74) is 27.3. The lowest BCUT2D eigenvalue weighted by Gasteiger charge is -2.21. The summed E-state index contributed by atoms with van der Waals surface area (Å²) in [7, 11) is 0. The van der Waals surface area contributed by atoms with Crippen LogP contribution in [-0.4, -0.2) is 9.13 Å². The fourth-order valence-electron chi connectivity index (χ4n) is 13.2. The monoisotopic (exact) mass is 1080 g/mol. The third-order valence-electron chi connectivity index (χ3n) is 16.5. The van der Waals surface area contributed by atoms with E-state index in [1.807, 2.05) is 24.3 Å². The molecule has 0 amide bonds. The molecule has 0 spiro atoms. The second-order valence-corrected chi connectivity index (χ2v) is 23.2. The van der Waals surface area contributed by atoms with Crippen molar-refractivity contribution < 1.29 is 13.2 Å². The summed E-state index contributed by atoms with van der Waals surface area (Å²) in [6.07, 6.45) is -4.52. The molecule has 0 atom stereocenters. The molecule has 0 aliphatic heterocycles. The van der Waals surface area contributed by atoms with Crippen molar-refractivity contribution in [3.05, 3.63) is 261 Å². The maximum absolute atomic E-state index is 14.5. The molecule has 0 bridgehead atoms. The number of nitrogens with zero attached hydrogens (tertiary/aromatic N) is 3. The molecule has 0 unspecified atom stereocenters. The minimum atomic E-state index is -4.52. The van der Waals surface area contributed by atoms with Crippen LogP contribution in [0.15, 0.2) is 200 Å². The van der Waals surface area contributed by atoms with E-state index in [1.165, 1.54) is 56.6 Å². The van der Waals surface area contributed by atoms with Gasteiger partial charge in [0.1, 0.15) is 0 Å². The third-order valence-corrected chi connectivity index (χ3v) is 16.5. The molecule has 0 saturated carbocycles. The van der Waals surface area contributed by atoms with E-state index in [9.17, 15) is 18.4 Å². The highest BCUT2D eigenvalue weighted by molar-refractivity contribution is 6.14. The van der Waals surface area contributed by atoms with Crippen LogP contribution in [0, 0.1) is 73.6 Å². The summed E-state index contributed by atoms with van der Waals surface area (Å²) >= 11 is 0. The van der Waals surface area contributed by atoms with E-state index in [-0.39, 0.29) is 0 Å². The van der Waals surface area contributed by atoms with Crippen molar-refractivity contribution in [1.29, 1.82) is 5.26 Å². The Balaban J connectivity index is 1.10. The van der Waals surface area contributed by atoms with E-state index in [1.54, 1.807) is 13.0 Å². The van der Waals surface area contributed by atoms with Gasteiger partial charge in [-0.25, -0.2) is 0 Å². The number of alkyl halides is 3. The minimum absolute atomic E-state index is 0.453. The molecular formula is C77H60F3N3. The largest absolute Gasteiger partial charge is 0.416 e. The number of rotatable bonds is 8. The average molecular weight is 1080 g/mol. The molecule has 13 aromatic rings. The van der Waals surface area contributed by atoms with Crippen LogP contribution in [0.2, 0.25) is 0 Å². The van der Waals surface area contributed by atoms with E-state index in [0.717, 1.165) is 116 Å². The number of aromatic nitrogens is 2. The van der Waals surface area contributed by atoms with Gasteiger partial charge >= 0.3 is 6.18 Å². The number of fused-ring (bicyclic) bond motifs is 6. The molecule has 0 aliphatic carbocycles. The number of hydrogen-bond acceptors (Lipinski definition) is 1. The first-order chi connectivity index (χ1) is 39.8. The van der Waals surface area contributed by atoms with Crippen molar-refractivity contribution >= 4 is 43.6 Å². The summed E-state index contributed by atoms with van der Waals surface area (Å²) in [5.74, 6) is 0. The highest BCUT2D eigenvalue weighted by Gasteiger charge is 2.31. The zero-order valence-corrected chi connectivity index (χ0v) is 48.0. The van der Waals surface area contributed by atoms with Gasteiger partial charge in [0.05, 0.1) is 45.0 Å². The number of hydrogen-bond donors (Lipinski definition) is 0. The molecule has 3 nitrogen and oxygen atoms in total. The van der Waals surface area contributed by atoms with Crippen LogP contribution in [-0.2, 0) is 6.18 Å². The Hall–Kier alpha value is -9.70. The zero-order valence-electron chi connectivity index (χ0n) is 48.0. The minimum Gasteiger partial charge on any atom is -0.309 e. The van der Waals surface area contributed by atoms with Crippen LogP contribution in [0.3, 0.4) is 0 Å². The van der Waals surface area contributed by atoms with Gasteiger partial charge in [-0.3, -0.25) is 0 Å². The van der Waals surface area contributed by atoms with Gasteiger partial charge in [-0.2, -0.15) is 18.4 Å². The number of aryl methyl sites for hydroxylation is 9. The van der Waals surface area contributed by atoms with Crippen molar-refractivity contribution in [3.8, 4) is 84.2 Å². The molecule has 0 fully saturated rings. The Bertz CT molecular complexity index is 4600. The quantitative estimate of drug-likeness (QED) is 0.149.